The summed E-state index contributed by atoms with van der Waals surface area (Å²) in [6.07, 6.45) is 3.64. The van der Waals surface area contributed by atoms with Gasteiger partial charge < -0.3 is 14.8 Å². The third-order valence-electron chi connectivity index (χ3n) is 5.19. The van der Waals surface area contributed by atoms with Crippen molar-refractivity contribution in [2.24, 2.45) is 0 Å². The summed E-state index contributed by atoms with van der Waals surface area (Å²) in [6.45, 7) is 1.26. The lowest BCUT2D eigenvalue weighted by molar-refractivity contribution is 0.0857. The number of carbonyl (C=O) groups is 1. The molecule has 2 aromatic carbocycles. The highest BCUT2D eigenvalue weighted by Crippen LogP contribution is 2.28. The average Bonchev–Trinajstić information content (AvgIpc) is 3.38. The van der Waals surface area contributed by atoms with Crippen LogP contribution in [0, 0.1) is 0 Å². The highest BCUT2D eigenvalue weighted by molar-refractivity contribution is 7.99. The van der Waals surface area contributed by atoms with Crippen molar-refractivity contribution in [1.82, 2.24) is 10.3 Å². The molecule has 178 valence electrons. The molecule has 3 aromatic rings. The molecule has 34 heavy (non-hydrogen) atoms. The summed E-state index contributed by atoms with van der Waals surface area (Å²) in [7, 11) is -2.25. The first-order valence-corrected chi connectivity index (χ1v) is 13.0. The number of pyridine rings is 1. The van der Waals surface area contributed by atoms with E-state index in [1.807, 2.05) is 0 Å². The molecule has 0 spiro atoms. The van der Waals surface area contributed by atoms with Crippen molar-refractivity contribution in [1.29, 1.82) is 0 Å². The SMILES string of the molecule is COc1cccc(S(=O)(=O)Nc2ccc(Sc3ccc(C(=O)NC[C@H]4CCCO4)cn3)cc2)c1. The van der Waals surface area contributed by atoms with Crippen LogP contribution in [0.25, 0.3) is 0 Å². The summed E-state index contributed by atoms with van der Waals surface area (Å²) >= 11 is 1.41. The van der Waals surface area contributed by atoms with E-state index in [-0.39, 0.29) is 16.9 Å². The minimum atomic E-state index is -3.74. The zero-order valence-corrected chi connectivity index (χ0v) is 20.2. The summed E-state index contributed by atoms with van der Waals surface area (Å²) in [5.74, 6) is 0.292. The van der Waals surface area contributed by atoms with Crippen LogP contribution in [0.4, 0.5) is 5.69 Å². The van der Waals surface area contributed by atoms with E-state index in [4.69, 9.17) is 9.47 Å². The van der Waals surface area contributed by atoms with Crippen LogP contribution in [0.5, 0.6) is 5.75 Å². The molecule has 0 aliphatic carbocycles. The van der Waals surface area contributed by atoms with E-state index in [1.54, 1.807) is 54.7 Å². The van der Waals surface area contributed by atoms with Crippen LogP contribution in [0.3, 0.4) is 0 Å². The second kappa shape index (κ2) is 10.9. The van der Waals surface area contributed by atoms with Crippen molar-refractivity contribution in [3.8, 4) is 5.75 Å². The maximum Gasteiger partial charge on any atom is 0.262 e. The number of aromatic nitrogens is 1. The summed E-state index contributed by atoms with van der Waals surface area (Å²) in [5, 5.41) is 3.60. The number of nitrogens with zero attached hydrogens (tertiary/aromatic N) is 1. The number of amides is 1. The van der Waals surface area contributed by atoms with Crippen LogP contribution < -0.4 is 14.8 Å². The number of benzene rings is 2. The van der Waals surface area contributed by atoms with E-state index in [0.717, 1.165) is 29.4 Å². The van der Waals surface area contributed by atoms with Crippen molar-refractivity contribution < 1.29 is 22.7 Å². The molecule has 2 N–H and O–H groups in total. The molecular formula is C24H25N3O5S2. The average molecular weight is 500 g/mol. The largest absolute Gasteiger partial charge is 0.497 e. The highest BCUT2D eigenvalue weighted by Gasteiger charge is 2.17. The third-order valence-corrected chi connectivity index (χ3v) is 7.53. The van der Waals surface area contributed by atoms with Gasteiger partial charge in [0.1, 0.15) is 10.8 Å². The van der Waals surface area contributed by atoms with Crippen molar-refractivity contribution >= 4 is 33.4 Å². The normalized spacial score (nSPS) is 15.6. The Labute approximate surface area is 203 Å². The minimum absolute atomic E-state index is 0.0923. The van der Waals surface area contributed by atoms with E-state index in [0.29, 0.717) is 23.5 Å². The molecule has 1 fully saturated rings. The smallest absolute Gasteiger partial charge is 0.262 e. The molecule has 1 atom stereocenters. The Morgan fingerprint density at radius 3 is 2.68 bits per heavy atom. The number of carbonyl (C=O) groups excluding carboxylic acids is 1. The van der Waals surface area contributed by atoms with E-state index < -0.39 is 10.0 Å². The van der Waals surface area contributed by atoms with Gasteiger partial charge in [0.05, 0.1) is 23.7 Å². The second-order valence-electron chi connectivity index (χ2n) is 7.64. The van der Waals surface area contributed by atoms with E-state index in [2.05, 4.69) is 15.0 Å². The number of hydrogen-bond donors (Lipinski definition) is 2. The van der Waals surface area contributed by atoms with Gasteiger partial charge in [-0.1, -0.05) is 17.8 Å². The van der Waals surface area contributed by atoms with Gasteiger partial charge >= 0.3 is 0 Å². The topological polar surface area (TPSA) is 107 Å². The molecule has 8 nitrogen and oxygen atoms in total. The van der Waals surface area contributed by atoms with Gasteiger partial charge in [-0.05, 0) is 61.4 Å². The van der Waals surface area contributed by atoms with Gasteiger partial charge in [-0.15, -0.1) is 0 Å². The standard InChI is InChI=1S/C24H25N3O5S2/c1-31-19-4-2-6-22(14-19)34(29,30)27-18-8-10-21(11-9-18)33-23-12-7-17(15-25-23)24(28)26-16-20-5-3-13-32-20/h2,4,6-12,14-15,20,27H,3,5,13,16H2,1H3,(H,26,28)/t20-/m1/s1. The van der Waals surface area contributed by atoms with Gasteiger partial charge in [0.2, 0.25) is 0 Å². The predicted molar refractivity (Wildman–Crippen MR) is 130 cm³/mol. The molecule has 0 bridgehead atoms. The molecule has 1 aromatic heterocycles. The molecule has 1 saturated heterocycles. The number of nitrogens with one attached hydrogen (secondary N) is 2. The Hall–Kier alpha value is -3.08. The van der Waals surface area contributed by atoms with Gasteiger partial charge in [0, 0.05) is 36.0 Å². The summed E-state index contributed by atoms with van der Waals surface area (Å²) < 4.78 is 38.4. The van der Waals surface area contributed by atoms with E-state index >= 15 is 0 Å². The highest BCUT2D eigenvalue weighted by atomic mass is 32.2. The van der Waals surface area contributed by atoms with Crippen molar-refractivity contribution in [3.05, 3.63) is 72.4 Å². The minimum Gasteiger partial charge on any atom is -0.497 e. The van der Waals surface area contributed by atoms with Gasteiger partial charge in [-0.3, -0.25) is 9.52 Å². The monoisotopic (exact) mass is 499 g/mol. The zero-order chi connectivity index (χ0) is 24.0. The van der Waals surface area contributed by atoms with Crippen molar-refractivity contribution in [3.63, 3.8) is 0 Å². The van der Waals surface area contributed by atoms with Crippen LogP contribution in [-0.4, -0.2) is 45.7 Å². The maximum atomic E-state index is 12.6. The molecule has 1 aliphatic rings. The van der Waals surface area contributed by atoms with Crippen molar-refractivity contribution in [2.45, 2.75) is 33.8 Å². The molecule has 0 unspecified atom stereocenters. The lowest BCUT2D eigenvalue weighted by atomic mass is 10.2. The fourth-order valence-electron chi connectivity index (χ4n) is 3.38. The Balaban J connectivity index is 1.33. The molecule has 1 aliphatic heterocycles. The number of hydrogen-bond acceptors (Lipinski definition) is 7. The number of sulfonamides is 1. The number of methoxy groups -OCH3 is 1. The summed E-state index contributed by atoms with van der Waals surface area (Å²) in [6, 6.07) is 16.8. The molecular weight excluding hydrogens is 474 g/mol. The number of ether oxygens (including phenoxy) is 2. The predicted octanol–water partition coefficient (Wildman–Crippen LogP) is 3.95. The Bertz CT molecular complexity index is 1230. The molecule has 4 rings (SSSR count). The van der Waals surface area contributed by atoms with Gasteiger partial charge in [-0.25, -0.2) is 13.4 Å². The first-order valence-electron chi connectivity index (χ1n) is 10.7. The Morgan fingerprint density at radius 1 is 1.18 bits per heavy atom. The first kappa shape index (κ1) is 24.1. The lowest BCUT2D eigenvalue weighted by Gasteiger charge is -2.11. The summed E-state index contributed by atoms with van der Waals surface area (Å²) in [5.41, 5.74) is 0.933. The molecule has 0 saturated carbocycles. The van der Waals surface area contributed by atoms with Crippen molar-refractivity contribution in [2.75, 3.05) is 25.0 Å². The second-order valence-corrected chi connectivity index (χ2v) is 10.4. The molecule has 0 radical (unpaired) electrons. The Kier molecular flexibility index (Phi) is 7.71. The summed E-state index contributed by atoms with van der Waals surface area (Å²) in [4.78, 5) is 17.6. The van der Waals surface area contributed by atoms with Gasteiger partial charge in [0.15, 0.2) is 0 Å². The quantitative estimate of drug-likeness (QED) is 0.459. The van der Waals surface area contributed by atoms with Gasteiger partial charge in [-0.2, -0.15) is 0 Å². The van der Waals surface area contributed by atoms with Gasteiger partial charge in [0.25, 0.3) is 15.9 Å². The lowest BCUT2D eigenvalue weighted by Crippen LogP contribution is -2.31. The van der Waals surface area contributed by atoms with Crippen LogP contribution in [0.2, 0.25) is 0 Å². The molecule has 10 heteroatoms. The Morgan fingerprint density at radius 2 is 2.00 bits per heavy atom. The number of anilines is 1. The van der Waals surface area contributed by atoms with Crippen LogP contribution in [0.1, 0.15) is 23.2 Å². The van der Waals surface area contributed by atoms with E-state index in [9.17, 15) is 13.2 Å². The fraction of sp³-hybridized carbons (Fsp3) is 0.250. The first-order chi connectivity index (χ1) is 16.4. The molecule has 1 amide bonds. The van der Waals surface area contributed by atoms with Crippen LogP contribution in [0.15, 0.2) is 81.7 Å². The zero-order valence-electron chi connectivity index (χ0n) is 18.6. The molecule has 2 heterocycles. The van der Waals surface area contributed by atoms with Crippen LogP contribution >= 0.6 is 11.8 Å². The fourth-order valence-corrected chi connectivity index (χ4v) is 5.23. The third kappa shape index (κ3) is 6.28. The van der Waals surface area contributed by atoms with E-state index in [1.165, 1.54) is 31.0 Å². The van der Waals surface area contributed by atoms with Crippen LogP contribution in [-0.2, 0) is 14.8 Å². The number of rotatable bonds is 9. The maximum absolute atomic E-state index is 12.6.